The number of benzene rings is 1. The van der Waals surface area contributed by atoms with Gasteiger partial charge in [-0.3, -0.25) is 0 Å². The molecule has 1 aromatic rings. The molecule has 0 aliphatic carbocycles. The topological polar surface area (TPSA) is 0 Å². The number of hydrogen-bond donors (Lipinski definition) is 0. The zero-order valence-corrected chi connectivity index (χ0v) is 4.21. The molecule has 40 valence electrons. The first-order valence-corrected chi connectivity index (χ1v) is 2.10. The lowest BCUT2D eigenvalue weighted by atomic mass is 10.2. The minimum Gasteiger partial charge on any atom is -0.0985 e. The van der Waals surface area contributed by atoms with E-state index in [0.29, 0.717) is 0 Å². The second-order valence-electron chi connectivity index (χ2n) is 1.18. The van der Waals surface area contributed by atoms with Crippen molar-refractivity contribution in [1.29, 1.82) is 0 Å². The first kappa shape index (κ1) is 1.47. The average molecular weight is 110 g/mol. The monoisotopic (exact) mass is 110 g/mol. The molecule has 8 heavy (non-hydrogen) atoms. The zero-order chi connectivity index (χ0) is 11.0. The predicted molar refractivity (Wildman–Crippen MR) is 36.5 cm³/mol. The van der Waals surface area contributed by atoms with Gasteiger partial charge in [0.1, 0.15) is 0 Å². The van der Waals surface area contributed by atoms with E-state index in [0.717, 1.165) is 0 Å². The summed E-state index contributed by atoms with van der Waals surface area (Å²) in [5.41, 5.74) is -0.143. The summed E-state index contributed by atoms with van der Waals surface area (Å²) in [5, 5.41) is 0. The molecule has 1 rings (SSSR count). The molecule has 0 atom stereocenters. The van der Waals surface area contributed by atoms with E-state index in [-0.39, 0.29) is 23.7 Å². The molecule has 0 aromatic heterocycles. The van der Waals surface area contributed by atoms with Gasteiger partial charge in [-0.05, 0) is 5.56 Å². The Labute approximate surface area is 57.9 Å². The van der Waals surface area contributed by atoms with Crippen LogP contribution in [0.4, 0.5) is 0 Å². The second kappa shape index (κ2) is 2.31. The normalized spacial score (nSPS) is 19.0. The molecule has 0 saturated carbocycles. The van der Waals surface area contributed by atoms with Gasteiger partial charge in [0.2, 0.25) is 0 Å². The van der Waals surface area contributed by atoms with Crippen molar-refractivity contribution >= 4 is 6.05 Å². The predicted octanol–water partition coefficient (Wildman–Crippen LogP) is 2.33. The van der Waals surface area contributed by atoms with E-state index in [4.69, 9.17) is 8.22 Å². The summed E-state index contributed by atoms with van der Waals surface area (Å²) in [6, 6.07) is -2.36. The van der Waals surface area contributed by atoms with E-state index in [1.807, 2.05) is 0 Å². The number of rotatable bonds is 1. The molecule has 0 amide bonds. The third kappa shape index (κ3) is 0.969. The van der Waals surface area contributed by atoms with Crippen molar-refractivity contribution in [3.63, 3.8) is 0 Å². The van der Waals surface area contributed by atoms with Gasteiger partial charge in [-0.15, -0.1) is 0 Å². The van der Waals surface area contributed by atoms with Crippen molar-refractivity contribution in [3.8, 4) is 0 Å². The van der Waals surface area contributed by atoms with E-state index < -0.39 is 18.1 Å². The van der Waals surface area contributed by atoms with Crippen LogP contribution < -0.4 is 0 Å². The fourth-order valence-electron chi connectivity index (χ4n) is 0.338. The maximum Gasteiger partial charge on any atom is 0.0629 e. The molecule has 0 heteroatoms. The summed E-state index contributed by atoms with van der Waals surface area (Å²) in [5.74, 6) is 0. The van der Waals surface area contributed by atoms with Crippen molar-refractivity contribution in [2.75, 3.05) is 0 Å². The van der Waals surface area contributed by atoms with Gasteiger partial charge < -0.3 is 0 Å². The Morgan fingerprint density at radius 3 is 2.62 bits per heavy atom. The molecule has 0 saturated heterocycles. The lowest BCUT2D eigenvalue weighted by Crippen LogP contribution is -1.63. The van der Waals surface area contributed by atoms with Gasteiger partial charge in [0.05, 0.1) is 8.22 Å². The zero-order valence-electron chi connectivity index (χ0n) is 10.2. The Bertz CT molecular complexity index is 380. The maximum atomic E-state index is 7.41. The minimum atomic E-state index is -0.454. The van der Waals surface area contributed by atoms with Crippen molar-refractivity contribution in [1.82, 2.24) is 0 Å². The van der Waals surface area contributed by atoms with Gasteiger partial charge in [0.15, 0.2) is 0 Å². The molecule has 0 bridgehead atoms. The summed E-state index contributed by atoms with van der Waals surface area (Å²) >= 11 is 0. The number of hydrogen-bond acceptors (Lipinski definition) is 0. The van der Waals surface area contributed by atoms with Crippen LogP contribution in [0.25, 0.3) is 6.05 Å². The summed E-state index contributed by atoms with van der Waals surface area (Å²) in [6.45, 7) is 3.26. The molecule has 0 aliphatic heterocycles. The van der Waals surface area contributed by atoms with Gasteiger partial charge in [0, 0.05) is 0 Å². The van der Waals surface area contributed by atoms with Crippen LogP contribution in [0, 0.1) is 0 Å². The lowest BCUT2D eigenvalue weighted by Gasteiger charge is -1.85. The van der Waals surface area contributed by atoms with E-state index in [2.05, 4.69) is 6.58 Å². The first-order valence-electron chi connectivity index (χ1n) is 5.10. The van der Waals surface area contributed by atoms with E-state index in [1.165, 1.54) is 0 Å². The fraction of sp³-hybridized carbons (Fsp3) is 0. The minimum absolute atomic E-state index is 0.143. The highest BCUT2D eigenvalue weighted by molar-refractivity contribution is 5.45. The van der Waals surface area contributed by atoms with Crippen molar-refractivity contribution in [2.24, 2.45) is 0 Å². The Balaban J connectivity index is 3.68. The summed E-state index contributed by atoms with van der Waals surface area (Å²) < 4.78 is 43.9. The third-order valence-electron chi connectivity index (χ3n) is 0.677. The van der Waals surface area contributed by atoms with Crippen LogP contribution >= 0.6 is 0 Å². The third-order valence-corrected chi connectivity index (χ3v) is 0.677. The van der Waals surface area contributed by atoms with Crippen LogP contribution in [-0.2, 0) is 0 Å². The summed E-state index contributed by atoms with van der Waals surface area (Å²) in [6.07, 6.45) is 0. The highest BCUT2D eigenvalue weighted by atomic mass is 13.8. The van der Waals surface area contributed by atoms with Crippen LogP contribution in [0.1, 0.15) is 13.8 Å². The SMILES string of the molecule is [2H]C(=C)c1c([2H])c([2H])c([2H])c([2H])c1[2H]. The van der Waals surface area contributed by atoms with Crippen molar-refractivity contribution < 1.29 is 8.22 Å². The molecule has 0 unspecified atom stereocenters. The molecular formula is C8H8. The van der Waals surface area contributed by atoms with E-state index >= 15 is 0 Å². The van der Waals surface area contributed by atoms with E-state index in [9.17, 15) is 0 Å². The van der Waals surface area contributed by atoms with Gasteiger partial charge >= 0.3 is 0 Å². The Kier molecular flexibility index (Phi) is 0.426. The quantitative estimate of drug-likeness (QED) is 0.520. The summed E-state index contributed by atoms with van der Waals surface area (Å²) in [4.78, 5) is 0. The molecule has 0 heterocycles. The van der Waals surface area contributed by atoms with Crippen LogP contribution in [0.2, 0.25) is 0 Å². The largest absolute Gasteiger partial charge is 0.0985 e. The maximum absolute atomic E-state index is 7.41. The Morgan fingerprint density at radius 1 is 1.50 bits per heavy atom. The fourth-order valence-corrected chi connectivity index (χ4v) is 0.338. The highest BCUT2D eigenvalue weighted by Crippen LogP contribution is 1.97. The van der Waals surface area contributed by atoms with E-state index in [1.54, 1.807) is 0 Å². The first-order chi connectivity index (χ1) is 6.37. The van der Waals surface area contributed by atoms with Crippen LogP contribution in [-0.4, -0.2) is 0 Å². The molecule has 0 aliphatic rings. The molecular weight excluding hydrogens is 96.1 g/mol. The summed E-state index contributed by atoms with van der Waals surface area (Å²) in [7, 11) is 0. The van der Waals surface area contributed by atoms with Crippen molar-refractivity contribution in [2.45, 2.75) is 0 Å². The average Bonchev–Trinajstić information content (AvgIpc) is 2.11. The smallest absolute Gasteiger partial charge is 0.0629 e. The van der Waals surface area contributed by atoms with Crippen molar-refractivity contribution in [3.05, 3.63) is 42.4 Å². The van der Waals surface area contributed by atoms with Gasteiger partial charge in [-0.25, -0.2) is 0 Å². The molecule has 0 spiro atoms. The van der Waals surface area contributed by atoms with Crippen LogP contribution in [0.3, 0.4) is 0 Å². The lowest BCUT2D eigenvalue weighted by molar-refractivity contribution is 1.67. The molecule has 0 radical (unpaired) electrons. The Hall–Kier alpha value is -1.04. The molecule has 1 aromatic carbocycles. The standard InChI is InChI=1S/C8H8/c1-2-8-6-4-3-5-7-8/h2-7H,1H2/i2D,3D,4D,5D,6D,7D. The van der Waals surface area contributed by atoms with Gasteiger partial charge in [0.25, 0.3) is 0 Å². The van der Waals surface area contributed by atoms with Gasteiger partial charge in [-0.2, -0.15) is 0 Å². The molecule has 0 fully saturated rings. The molecule has 0 N–H and O–H groups in total. The second-order valence-corrected chi connectivity index (χ2v) is 1.18. The van der Waals surface area contributed by atoms with Crippen LogP contribution in [0.15, 0.2) is 36.8 Å². The Morgan fingerprint density at radius 2 is 2.12 bits per heavy atom. The highest BCUT2D eigenvalue weighted by Gasteiger charge is 1.75. The van der Waals surface area contributed by atoms with Gasteiger partial charge in [-0.1, -0.05) is 42.8 Å². The molecule has 0 nitrogen and oxygen atoms in total. The van der Waals surface area contributed by atoms with Crippen LogP contribution in [0.5, 0.6) is 0 Å².